The van der Waals surface area contributed by atoms with Gasteiger partial charge in [-0.25, -0.2) is 4.79 Å². The van der Waals surface area contributed by atoms with E-state index in [9.17, 15) is 9.59 Å². The first-order valence-corrected chi connectivity index (χ1v) is 8.94. The third-order valence-electron chi connectivity index (χ3n) is 5.09. The molecular formula is C18H20ClN3O2. The Morgan fingerprint density at radius 2 is 2.04 bits per heavy atom. The zero-order valence-corrected chi connectivity index (χ0v) is 14.2. The number of rotatable bonds is 1. The van der Waals surface area contributed by atoms with E-state index in [1.54, 1.807) is 6.07 Å². The van der Waals surface area contributed by atoms with E-state index in [2.05, 4.69) is 10.3 Å². The molecule has 4 rings (SSSR count). The summed E-state index contributed by atoms with van der Waals surface area (Å²) < 4.78 is 0. The Bertz CT molecular complexity index is 808. The van der Waals surface area contributed by atoms with Crippen molar-refractivity contribution in [3.63, 3.8) is 0 Å². The van der Waals surface area contributed by atoms with Crippen LogP contribution < -0.4 is 5.32 Å². The number of amides is 3. The molecular weight excluding hydrogens is 326 g/mol. The van der Waals surface area contributed by atoms with E-state index in [0.29, 0.717) is 23.7 Å². The molecule has 0 spiro atoms. The summed E-state index contributed by atoms with van der Waals surface area (Å²) in [5.74, 6) is -0.253. The van der Waals surface area contributed by atoms with Crippen molar-refractivity contribution in [1.29, 1.82) is 0 Å². The third kappa shape index (κ3) is 2.67. The van der Waals surface area contributed by atoms with Crippen LogP contribution in [0.4, 0.5) is 4.79 Å². The zero-order valence-electron chi connectivity index (χ0n) is 13.4. The second kappa shape index (κ2) is 6.13. The molecule has 5 nitrogen and oxygen atoms in total. The predicted octanol–water partition coefficient (Wildman–Crippen LogP) is 3.86. The molecule has 2 aliphatic rings. The van der Waals surface area contributed by atoms with Gasteiger partial charge in [0.1, 0.15) is 5.69 Å². The molecule has 2 heterocycles. The molecule has 126 valence electrons. The SMILES string of the molecule is O=C(NC1CCCCC1)N1CCc2c([nH]c3ccc(Cl)cc23)C1=O. The van der Waals surface area contributed by atoms with Crippen LogP contribution in [0.25, 0.3) is 10.9 Å². The van der Waals surface area contributed by atoms with E-state index in [4.69, 9.17) is 11.6 Å². The van der Waals surface area contributed by atoms with Crippen molar-refractivity contribution in [2.75, 3.05) is 6.54 Å². The summed E-state index contributed by atoms with van der Waals surface area (Å²) in [6.45, 7) is 0.407. The Morgan fingerprint density at radius 1 is 1.25 bits per heavy atom. The van der Waals surface area contributed by atoms with Crippen molar-refractivity contribution in [2.45, 2.75) is 44.6 Å². The molecule has 1 aliphatic heterocycles. The Kier molecular flexibility index (Phi) is 3.96. The van der Waals surface area contributed by atoms with Gasteiger partial charge < -0.3 is 10.3 Å². The molecule has 24 heavy (non-hydrogen) atoms. The van der Waals surface area contributed by atoms with Gasteiger partial charge in [0.2, 0.25) is 0 Å². The first-order chi connectivity index (χ1) is 11.6. The predicted molar refractivity (Wildman–Crippen MR) is 93.5 cm³/mol. The standard InChI is InChI=1S/C18H20ClN3O2/c19-11-6-7-15-14(10-11)13-8-9-22(17(23)16(13)21-15)18(24)20-12-4-2-1-3-5-12/h6-7,10,12,21H,1-5,8-9H2,(H,20,24). The minimum atomic E-state index is -0.269. The first-order valence-electron chi connectivity index (χ1n) is 8.56. The monoisotopic (exact) mass is 345 g/mol. The highest BCUT2D eigenvalue weighted by atomic mass is 35.5. The fourth-order valence-corrected chi connectivity index (χ4v) is 3.99. The van der Waals surface area contributed by atoms with Gasteiger partial charge in [-0.2, -0.15) is 0 Å². The Balaban J connectivity index is 1.57. The molecule has 1 aromatic heterocycles. The largest absolute Gasteiger partial charge is 0.350 e. The van der Waals surface area contributed by atoms with Crippen molar-refractivity contribution in [3.8, 4) is 0 Å². The third-order valence-corrected chi connectivity index (χ3v) is 5.33. The zero-order chi connectivity index (χ0) is 16.7. The fraction of sp³-hybridized carbons (Fsp3) is 0.444. The maximum atomic E-state index is 12.8. The van der Waals surface area contributed by atoms with Crippen molar-refractivity contribution >= 4 is 34.4 Å². The summed E-state index contributed by atoms with van der Waals surface area (Å²) in [5.41, 5.74) is 2.35. The number of urea groups is 1. The normalized spacial score (nSPS) is 18.7. The number of carbonyl (C=O) groups excluding carboxylic acids is 2. The quantitative estimate of drug-likeness (QED) is 0.824. The molecule has 1 aliphatic carbocycles. The Labute approximate surface area is 145 Å². The smallest absolute Gasteiger partial charge is 0.324 e. The number of carbonyl (C=O) groups is 2. The summed E-state index contributed by atoms with van der Waals surface area (Å²) >= 11 is 6.07. The highest BCUT2D eigenvalue weighted by Gasteiger charge is 2.32. The molecule has 0 unspecified atom stereocenters. The number of H-pyrrole nitrogens is 1. The highest BCUT2D eigenvalue weighted by molar-refractivity contribution is 6.31. The van der Waals surface area contributed by atoms with Crippen LogP contribution in [0.15, 0.2) is 18.2 Å². The van der Waals surface area contributed by atoms with Crippen LogP contribution in [0.1, 0.15) is 48.2 Å². The molecule has 0 radical (unpaired) electrons. The van der Waals surface area contributed by atoms with Gasteiger partial charge in [-0.15, -0.1) is 0 Å². The van der Waals surface area contributed by atoms with Gasteiger partial charge in [0.15, 0.2) is 0 Å². The Hall–Kier alpha value is -2.01. The van der Waals surface area contributed by atoms with E-state index in [1.165, 1.54) is 11.3 Å². The average molecular weight is 346 g/mol. The number of nitrogens with zero attached hydrogens (tertiary/aromatic N) is 1. The number of hydrogen-bond acceptors (Lipinski definition) is 2. The maximum Gasteiger partial charge on any atom is 0.324 e. The minimum Gasteiger partial charge on any atom is -0.350 e. The topological polar surface area (TPSA) is 65.2 Å². The molecule has 0 saturated heterocycles. The van der Waals surface area contributed by atoms with E-state index in [1.807, 2.05) is 12.1 Å². The lowest BCUT2D eigenvalue weighted by Gasteiger charge is -2.29. The number of imide groups is 1. The van der Waals surface area contributed by atoms with E-state index in [-0.39, 0.29) is 18.0 Å². The number of nitrogens with one attached hydrogen (secondary N) is 2. The van der Waals surface area contributed by atoms with Crippen LogP contribution in [0.3, 0.4) is 0 Å². The van der Waals surface area contributed by atoms with Crippen molar-refractivity contribution in [3.05, 3.63) is 34.5 Å². The lowest BCUT2D eigenvalue weighted by atomic mass is 9.95. The summed E-state index contributed by atoms with van der Waals surface area (Å²) in [4.78, 5) is 29.7. The average Bonchev–Trinajstić information content (AvgIpc) is 2.95. The molecule has 2 aromatic rings. The van der Waals surface area contributed by atoms with Crippen LogP contribution in [-0.2, 0) is 6.42 Å². The number of benzene rings is 1. The van der Waals surface area contributed by atoms with Gasteiger partial charge in [-0.1, -0.05) is 30.9 Å². The van der Waals surface area contributed by atoms with Crippen LogP contribution in [0.2, 0.25) is 5.02 Å². The molecule has 0 atom stereocenters. The second-order valence-corrected chi connectivity index (χ2v) is 7.10. The van der Waals surface area contributed by atoms with Crippen LogP contribution in [0, 0.1) is 0 Å². The van der Waals surface area contributed by atoms with Crippen molar-refractivity contribution < 1.29 is 9.59 Å². The second-order valence-electron chi connectivity index (χ2n) is 6.66. The Morgan fingerprint density at radius 3 is 2.83 bits per heavy atom. The minimum absolute atomic E-state index is 0.196. The molecule has 2 N–H and O–H groups in total. The van der Waals surface area contributed by atoms with Crippen LogP contribution in [-0.4, -0.2) is 34.4 Å². The maximum absolute atomic E-state index is 12.8. The molecule has 6 heteroatoms. The number of fused-ring (bicyclic) bond motifs is 3. The van der Waals surface area contributed by atoms with Crippen molar-refractivity contribution in [1.82, 2.24) is 15.2 Å². The number of aromatic amines is 1. The van der Waals surface area contributed by atoms with Gasteiger partial charge >= 0.3 is 6.03 Å². The van der Waals surface area contributed by atoms with Crippen molar-refractivity contribution in [2.24, 2.45) is 0 Å². The molecule has 1 fully saturated rings. The van der Waals surface area contributed by atoms with Crippen LogP contribution >= 0.6 is 11.6 Å². The molecule has 0 bridgehead atoms. The summed E-state index contributed by atoms with van der Waals surface area (Å²) in [6, 6.07) is 5.47. The van der Waals surface area contributed by atoms with Crippen LogP contribution in [0.5, 0.6) is 0 Å². The number of aromatic nitrogens is 1. The molecule has 1 saturated carbocycles. The number of hydrogen-bond donors (Lipinski definition) is 2. The molecule has 1 aromatic carbocycles. The fourth-order valence-electron chi connectivity index (χ4n) is 3.82. The van der Waals surface area contributed by atoms with Gasteiger partial charge in [-0.3, -0.25) is 9.69 Å². The summed E-state index contributed by atoms with van der Waals surface area (Å²) in [5, 5.41) is 4.64. The van der Waals surface area contributed by atoms with Gasteiger partial charge in [0.05, 0.1) is 0 Å². The van der Waals surface area contributed by atoms with E-state index in [0.717, 1.165) is 42.1 Å². The van der Waals surface area contributed by atoms with E-state index >= 15 is 0 Å². The van der Waals surface area contributed by atoms with Gasteiger partial charge in [0.25, 0.3) is 5.91 Å². The lowest BCUT2D eigenvalue weighted by molar-refractivity contribution is 0.0778. The number of halogens is 1. The molecule has 3 amide bonds. The first kappa shape index (κ1) is 15.5. The van der Waals surface area contributed by atoms with Gasteiger partial charge in [0, 0.05) is 28.5 Å². The highest BCUT2D eigenvalue weighted by Crippen LogP contribution is 2.29. The summed E-state index contributed by atoms with van der Waals surface area (Å²) in [6.07, 6.45) is 6.18. The van der Waals surface area contributed by atoms with Gasteiger partial charge in [-0.05, 0) is 43.0 Å². The lowest BCUT2D eigenvalue weighted by Crippen LogP contribution is -2.50. The summed E-state index contributed by atoms with van der Waals surface area (Å²) in [7, 11) is 0. The van der Waals surface area contributed by atoms with E-state index < -0.39 is 0 Å².